The molecule has 2 saturated carbocycles. The van der Waals surface area contributed by atoms with E-state index in [0.717, 1.165) is 19.0 Å². The SMILES string of the molecule is OC(CNCCC1CC1)C1CC1. The van der Waals surface area contributed by atoms with Crippen molar-refractivity contribution < 1.29 is 5.11 Å². The molecule has 2 aliphatic rings. The van der Waals surface area contributed by atoms with Gasteiger partial charge < -0.3 is 10.4 Å². The van der Waals surface area contributed by atoms with E-state index in [1.54, 1.807) is 0 Å². The molecule has 0 aliphatic heterocycles. The second-order valence-electron chi connectivity index (χ2n) is 4.34. The minimum Gasteiger partial charge on any atom is -0.392 e. The van der Waals surface area contributed by atoms with Crippen molar-refractivity contribution in [3.63, 3.8) is 0 Å². The van der Waals surface area contributed by atoms with E-state index < -0.39 is 0 Å². The first-order valence-corrected chi connectivity index (χ1v) is 5.25. The Kier molecular flexibility index (Phi) is 2.66. The van der Waals surface area contributed by atoms with E-state index in [1.165, 1.54) is 32.1 Å². The smallest absolute Gasteiger partial charge is 0.0692 e. The normalized spacial score (nSPS) is 25.8. The molecule has 2 rings (SSSR count). The Labute approximate surface area is 74.4 Å². The molecule has 12 heavy (non-hydrogen) atoms. The summed E-state index contributed by atoms with van der Waals surface area (Å²) in [7, 11) is 0. The zero-order chi connectivity index (χ0) is 8.39. The van der Waals surface area contributed by atoms with Crippen molar-refractivity contribution in [2.24, 2.45) is 11.8 Å². The third-order valence-electron chi connectivity index (χ3n) is 2.95. The van der Waals surface area contributed by atoms with Crippen LogP contribution in [0.2, 0.25) is 0 Å². The molecule has 0 aromatic heterocycles. The average Bonchev–Trinajstić information content (AvgIpc) is 2.85. The fourth-order valence-corrected chi connectivity index (χ4v) is 1.61. The Hall–Kier alpha value is -0.0800. The highest BCUT2D eigenvalue weighted by Crippen LogP contribution is 2.33. The maximum absolute atomic E-state index is 9.51. The molecule has 0 aromatic carbocycles. The van der Waals surface area contributed by atoms with Crippen LogP contribution in [0.25, 0.3) is 0 Å². The van der Waals surface area contributed by atoms with Crippen molar-refractivity contribution in [1.29, 1.82) is 0 Å². The molecule has 2 fully saturated rings. The summed E-state index contributed by atoms with van der Waals surface area (Å²) in [6, 6.07) is 0. The van der Waals surface area contributed by atoms with Crippen molar-refractivity contribution in [1.82, 2.24) is 5.32 Å². The third kappa shape index (κ3) is 2.76. The van der Waals surface area contributed by atoms with Crippen LogP contribution < -0.4 is 5.32 Å². The molecule has 0 heterocycles. The molecule has 2 heteroatoms. The van der Waals surface area contributed by atoms with Gasteiger partial charge in [0, 0.05) is 6.54 Å². The zero-order valence-corrected chi connectivity index (χ0v) is 7.63. The molecule has 1 unspecified atom stereocenters. The number of aliphatic hydroxyl groups excluding tert-OH is 1. The van der Waals surface area contributed by atoms with E-state index in [-0.39, 0.29) is 6.10 Å². The summed E-state index contributed by atoms with van der Waals surface area (Å²) in [5.74, 6) is 1.63. The average molecular weight is 169 g/mol. The minimum absolute atomic E-state index is 0.0656. The quantitative estimate of drug-likeness (QED) is 0.585. The Bertz CT molecular complexity index is 141. The van der Waals surface area contributed by atoms with Gasteiger partial charge in [-0.25, -0.2) is 0 Å². The van der Waals surface area contributed by atoms with Gasteiger partial charge in [-0.15, -0.1) is 0 Å². The van der Waals surface area contributed by atoms with Crippen LogP contribution >= 0.6 is 0 Å². The van der Waals surface area contributed by atoms with Gasteiger partial charge >= 0.3 is 0 Å². The molecule has 2 aliphatic carbocycles. The van der Waals surface area contributed by atoms with Crippen LogP contribution in [0.4, 0.5) is 0 Å². The highest BCUT2D eigenvalue weighted by molar-refractivity contribution is 4.82. The van der Waals surface area contributed by atoms with Gasteiger partial charge in [0.05, 0.1) is 6.10 Å². The first kappa shape index (κ1) is 8.52. The lowest BCUT2D eigenvalue weighted by atomic mass is 10.2. The lowest BCUT2D eigenvalue weighted by molar-refractivity contribution is 0.149. The molecule has 1 atom stereocenters. The molecule has 0 aromatic rings. The van der Waals surface area contributed by atoms with Gasteiger partial charge in [-0.1, -0.05) is 12.8 Å². The highest BCUT2D eigenvalue weighted by atomic mass is 16.3. The van der Waals surface area contributed by atoms with Crippen molar-refractivity contribution in [2.45, 2.75) is 38.2 Å². The number of hydrogen-bond donors (Lipinski definition) is 2. The number of nitrogens with one attached hydrogen (secondary N) is 1. The summed E-state index contributed by atoms with van der Waals surface area (Å²) in [6.07, 6.45) is 6.61. The lowest BCUT2D eigenvalue weighted by Crippen LogP contribution is -2.29. The second kappa shape index (κ2) is 3.75. The maximum atomic E-state index is 9.51. The molecule has 0 saturated heterocycles. The summed E-state index contributed by atoms with van der Waals surface area (Å²) in [5.41, 5.74) is 0. The predicted octanol–water partition coefficient (Wildman–Crippen LogP) is 1.15. The largest absolute Gasteiger partial charge is 0.392 e. The van der Waals surface area contributed by atoms with Gasteiger partial charge in [0.25, 0.3) is 0 Å². The topological polar surface area (TPSA) is 32.3 Å². The second-order valence-corrected chi connectivity index (χ2v) is 4.34. The van der Waals surface area contributed by atoms with Crippen molar-refractivity contribution in [2.75, 3.05) is 13.1 Å². The van der Waals surface area contributed by atoms with E-state index >= 15 is 0 Å². The summed E-state index contributed by atoms with van der Waals surface area (Å²) in [5, 5.41) is 12.8. The Morgan fingerprint density at radius 2 is 2.00 bits per heavy atom. The molecular weight excluding hydrogens is 150 g/mol. The lowest BCUT2D eigenvalue weighted by Gasteiger charge is -2.09. The molecule has 2 nitrogen and oxygen atoms in total. The van der Waals surface area contributed by atoms with E-state index in [1.807, 2.05) is 0 Å². The third-order valence-corrected chi connectivity index (χ3v) is 2.95. The highest BCUT2D eigenvalue weighted by Gasteiger charge is 2.29. The van der Waals surface area contributed by atoms with Gasteiger partial charge in [-0.3, -0.25) is 0 Å². The summed E-state index contributed by atoms with van der Waals surface area (Å²) < 4.78 is 0. The van der Waals surface area contributed by atoms with Gasteiger partial charge in [-0.2, -0.15) is 0 Å². The van der Waals surface area contributed by atoms with Crippen LogP contribution in [0, 0.1) is 11.8 Å². The first-order valence-electron chi connectivity index (χ1n) is 5.25. The van der Waals surface area contributed by atoms with Gasteiger partial charge in [-0.05, 0) is 37.6 Å². The van der Waals surface area contributed by atoms with Crippen LogP contribution in [-0.2, 0) is 0 Å². The predicted molar refractivity (Wildman–Crippen MR) is 48.9 cm³/mol. The maximum Gasteiger partial charge on any atom is 0.0692 e. The number of rotatable bonds is 6. The molecule has 0 spiro atoms. The Morgan fingerprint density at radius 3 is 2.58 bits per heavy atom. The van der Waals surface area contributed by atoms with Crippen LogP contribution in [0.5, 0.6) is 0 Å². The van der Waals surface area contributed by atoms with Crippen LogP contribution in [0.3, 0.4) is 0 Å². The first-order chi connectivity index (χ1) is 5.86. The van der Waals surface area contributed by atoms with Crippen LogP contribution in [-0.4, -0.2) is 24.3 Å². The number of hydrogen-bond acceptors (Lipinski definition) is 2. The standard InChI is InChI=1S/C10H19NO/c12-10(9-3-4-9)7-11-6-5-8-1-2-8/h8-12H,1-7H2. The summed E-state index contributed by atoms with van der Waals surface area (Å²) in [6.45, 7) is 1.92. The fourth-order valence-electron chi connectivity index (χ4n) is 1.61. The van der Waals surface area contributed by atoms with Crippen molar-refractivity contribution >= 4 is 0 Å². The van der Waals surface area contributed by atoms with E-state index in [0.29, 0.717) is 5.92 Å². The molecular formula is C10H19NO. The van der Waals surface area contributed by atoms with Crippen LogP contribution in [0.15, 0.2) is 0 Å². The van der Waals surface area contributed by atoms with Crippen LogP contribution in [0.1, 0.15) is 32.1 Å². The van der Waals surface area contributed by atoms with Gasteiger partial charge in [0.1, 0.15) is 0 Å². The van der Waals surface area contributed by atoms with E-state index in [4.69, 9.17) is 0 Å². The van der Waals surface area contributed by atoms with E-state index in [2.05, 4.69) is 5.32 Å². The van der Waals surface area contributed by atoms with Gasteiger partial charge in [0.2, 0.25) is 0 Å². The zero-order valence-electron chi connectivity index (χ0n) is 7.63. The van der Waals surface area contributed by atoms with Gasteiger partial charge in [0.15, 0.2) is 0 Å². The molecule has 0 amide bonds. The summed E-state index contributed by atoms with van der Waals surface area (Å²) in [4.78, 5) is 0. The number of aliphatic hydroxyl groups is 1. The molecule has 0 radical (unpaired) electrons. The molecule has 70 valence electrons. The summed E-state index contributed by atoms with van der Waals surface area (Å²) >= 11 is 0. The Morgan fingerprint density at radius 1 is 1.25 bits per heavy atom. The molecule has 2 N–H and O–H groups in total. The molecule has 0 bridgehead atoms. The van der Waals surface area contributed by atoms with E-state index in [9.17, 15) is 5.11 Å². The van der Waals surface area contributed by atoms with Crippen molar-refractivity contribution in [3.05, 3.63) is 0 Å². The Balaban J connectivity index is 1.44. The van der Waals surface area contributed by atoms with Crippen molar-refractivity contribution in [3.8, 4) is 0 Å². The monoisotopic (exact) mass is 169 g/mol. The minimum atomic E-state index is -0.0656. The fraction of sp³-hybridized carbons (Fsp3) is 1.00.